The molecule has 0 aliphatic heterocycles. The van der Waals surface area contributed by atoms with Gasteiger partial charge in [-0.3, -0.25) is 4.79 Å². The highest BCUT2D eigenvalue weighted by Crippen LogP contribution is 2.60. The van der Waals surface area contributed by atoms with Crippen LogP contribution >= 0.6 is 0 Å². The second kappa shape index (κ2) is 6.09. The molecule has 3 heteroatoms. The van der Waals surface area contributed by atoms with E-state index < -0.39 is 0 Å². The molecule has 0 radical (unpaired) electrons. The lowest BCUT2D eigenvalue weighted by Gasteiger charge is -2.57. The number of methoxy groups -OCH3 is 1. The van der Waals surface area contributed by atoms with Crippen molar-refractivity contribution in [2.24, 2.45) is 23.2 Å². The molecule has 1 amide bonds. The summed E-state index contributed by atoms with van der Waals surface area (Å²) in [6.07, 6.45) is 8.96. The van der Waals surface area contributed by atoms with Crippen LogP contribution < -0.4 is 4.74 Å². The number of hydrogen-bond donors (Lipinski definition) is 0. The van der Waals surface area contributed by atoms with Crippen LogP contribution in [0.25, 0.3) is 0 Å². The van der Waals surface area contributed by atoms with Crippen LogP contribution in [0.3, 0.4) is 0 Å². The summed E-state index contributed by atoms with van der Waals surface area (Å²) in [6.45, 7) is 0.964. The number of rotatable bonds is 5. The Morgan fingerprint density at radius 1 is 1.08 bits per heavy atom. The maximum Gasteiger partial charge on any atom is 0.226 e. The molecule has 1 aromatic rings. The molecule has 24 heavy (non-hydrogen) atoms. The Balaban J connectivity index is 1.38. The fourth-order valence-electron chi connectivity index (χ4n) is 6.13. The average Bonchev–Trinajstić information content (AvgIpc) is 2.53. The zero-order valence-corrected chi connectivity index (χ0v) is 15.0. The lowest BCUT2D eigenvalue weighted by atomic mass is 9.49. The van der Waals surface area contributed by atoms with E-state index in [0.29, 0.717) is 11.8 Å². The molecule has 5 rings (SSSR count). The molecule has 0 heterocycles. The molecule has 4 saturated carbocycles. The van der Waals surface area contributed by atoms with Crippen molar-refractivity contribution in [2.75, 3.05) is 20.7 Å². The summed E-state index contributed by atoms with van der Waals surface area (Å²) in [5.74, 6) is 3.92. The van der Waals surface area contributed by atoms with Crippen LogP contribution in [0.15, 0.2) is 24.3 Å². The topological polar surface area (TPSA) is 29.5 Å². The zero-order valence-electron chi connectivity index (χ0n) is 15.0. The molecule has 4 bridgehead atoms. The van der Waals surface area contributed by atoms with E-state index >= 15 is 0 Å². The number of amides is 1. The van der Waals surface area contributed by atoms with Gasteiger partial charge in [0.15, 0.2) is 0 Å². The average molecular weight is 327 g/mol. The van der Waals surface area contributed by atoms with E-state index in [4.69, 9.17) is 4.74 Å². The number of carbonyl (C=O) groups is 1. The smallest absolute Gasteiger partial charge is 0.226 e. The van der Waals surface area contributed by atoms with Crippen molar-refractivity contribution in [2.45, 2.75) is 44.9 Å². The molecule has 0 unspecified atom stereocenters. The highest BCUT2D eigenvalue weighted by atomic mass is 16.5. The van der Waals surface area contributed by atoms with Crippen LogP contribution in [0, 0.1) is 23.2 Å². The van der Waals surface area contributed by atoms with Crippen LogP contribution in [-0.4, -0.2) is 31.5 Å². The summed E-state index contributed by atoms with van der Waals surface area (Å²) >= 11 is 0. The number of likely N-dealkylation sites (N-methyl/N-ethyl adjacent to an activating group) is 1. The molecule has 4 aliphatic carbocycles. The maximum atomic E-state index is 12.7. The van der Waals surface area contributed by atoms with Gasteiger partial charge in [0.1, 0.15) is 5.75 Å². The molecular weight excluding hydrogens is 298 g/mol. The number of carbonyl (C=O) groups excluding carboxylic acids is 1. The van der Waals surface area contributed by atoms with Gasteiger partial charge in [0.05, 0.1) is 13.5 Å². The number of hydrogen-bond acceptors (Lipinski definition) is 2. The van der Waals surface area contributed by atoms with Gasteiger partial charge in [-0.25, -0.2) is 0 Å². The first-order valence-electron chi connectivity index (χ1n) is 9.42. The molecule has 130 valence electrons. The first kappa shape index (κ1) is 16.0. The lowest BCUT2D eigenvalue weighted by Crippen LogP contribution is -2.51. The van der Waals surface area contributed by atoms with E-state index in [9.17, 15) is 4.79 Å². The van der Waals surface area contributed by atoms with Gasteiger partial charge in [-0.1, -0.05) is 12.1 Å². The summed E-state index contributed by atoms with van der Waals surface area (Å²) in [7, 11) is 3.67. The van der Waals surface area contributed by atoms with Crippen molar-refractivity contribution in [3.8, 4) is 5.75 Å². The Hall–Kier alpha value is -1.51. The molecule has 0 atom stereocenters. The minimum Gasteiger partial charge on any atom is -0.497 e. The number of ether oxygens (including phenoxy) is 1. The van der Waals surface area contributed by atoms with Gasteiger partial charge in [-0.2, -0.15) is 0 Å². The van der Waals surface area contributed by atoms with Gasteiger partial charge in [0.25, 0.3) is 0 Å². The van der Waals surface area contributed by atoms with E-state index in [1.807, 2.05) is 36.2 Å². The normalized spacial score (nSPS) is 33.5. The fraction of sp³-hybridized carbons (Fsp3) is 0.667. The summed E-state index contributed by atoms with van der Waals surface area (Å²) in [6, 6.07) is 7.86. The molecule has 1 aromatic carbocycles. The zero-order chi connectivity index (χ0) is 16.7. The Morgan fingerprint density at radius 3 is 2.12 bits per heavy atom. The van der Waals surface area contributed by atoms with Crippen LogP contribution in [0.2, 0.25) is 0 Å². The van der Waals surface area contributed by atoms with E-state index in [0.717, 1.165) is 35.6 Å². The Kier molecular flexibility index (Phi) is 4.06. The van der Waals surface area contributed by atoms with Crippen molar-refractivity contribution in [1.82, 2.24) is 4.90 Å². The van der Waals surface area contributed by atoms with Gasteiger partial charge < -0.3 is 9.64 Å². The van der Waals surface area contributed by atoms with E-state index in [2.05, 4.69) is 0 Å². The van der Waals surface area contributed by atoms with Gasteiger partial charge in [-0.05, 0) is 79.4 Å². The van der Waals surface area contributed by atoms with E-state index in [1.54, 1.807) is 7.11 Å². The van der Waals surface area contributed by atoms with Gasteiger partial charge in [-0.15, -0.1) is 0 Å². The molecular formula is C21H29NO2. The van der Waals surface area contributed by atoms with Gasteiger partial charge >= 0.3 is 0 Å². The first-order valence-corrected chi connectivity index (χ1v) is 9.42. The second-order valence-electron chi connectivity index (χ2n) is 8.69. The Labute approximate surface area is 145 Å². The van der Waals surface area contributed by atoms with Gasteiger partial charge in [0, 0.05) is 13.6 Å². The minimum atomic E-state index is 0.246. The Bertz CT molecular complexity index is 571. The molecule has 0 aromatic heterocycles. The van der Waals surface area contributed by atoms with Gasteiger partial charge in [0.2, 0.25) is 5.91 Å². The van der Waals surface area contributed by atoms with Crippen LogP contribution in [0.5, 0.6) is 5.75 Å². The summed E-state index contributed by atoms with van der Waals surface area (Å²) in [4.78, 5) is 14.7. The van der Waals surface area contributed by atoms with Crippen molar-refractivity contribution >= 4 is 5.91 Å². The first-order chi connectivity index (χ1) is 11.5. The van der Waals surface area contributed by atoms with Crippen LogP contribution in [-0.2, 0) is 11.2 Å². The predicted octanol–water partition coefficient (Wildman–Crippen LogP) is 3.91. The highest BCUT2D eigenvalue weighted by Gasteiger charge is 2.51. The minimum absolute atomic E-state index is 0.246. The number of benzene rings is 1. The molecule has 0 spiro atoms. The third-order valence-corrected chi connectivity index (χ3v) is 6.68. The largest absolute Gasteiger partial charge is 0.497 e. The van der Waals surface area contributed by atoms with E-state index in [-0.39, 0.29) is 5.91 Å². The second-order valence-corrected chi connectivity index (χ2v) is 8.69. The van der Waals surface area contributed by atoms with Crippen LogP contribution in [0.1, 0.15) is 44.1 Å². The summed E-state index contributed by atoms with van der Waals surface area (Å²) < 4.78 is 5.19. The quantitative estimate of drug-likeness (QED) is 0.820. The summed E-state index contributed by atoms with van der Waals surface area (Å²) in [5, 5.41) is 0. The molecule has 4 aliphatic rings. The maximum absolute atomic E-state index is 12.7. The molecule has 0 N–H and O–H groups in total. The fourth-order valence-corrected chi connectivity index (χ4v) is 6.13. The van der Waals surface area contributed by atoms with Crippen molar-refractivity contribution in [3.05, 3.63) is 29.8 Å². The van der Waals surface area contributed by atoms with E-state index in [1.165, 1.54) is 38.5 Å². The third kappa shape index (κ3) is 3.05. The predicted molar refractivity (Wildman–Crippen MR) is 94.9 cm³/mol. The molecule has 0 saturated heterocycles. The number of nitrogens with zero attached hydrogens (tertiary/aromatic N) is 1. The Morgan fingerprint density at radius 2 is 1.62 bits per heavy atom. The van der Waals surface area contributed by atoms with Crippen molar-refractivity contribution < 1.29 is 9.53 Å². The SMILES string of the molecule is COc1ccc(CC(=O)N(C)CC23CC4CC(CC(C4)C2)C3)cc1. The molecule has 3 nitrogen and oxygen atoms in total. The third-order valence-electron chi connectivity index (χ3n) is 6.68. The van der Waals surface area contributed by atoms with Crippen molar-refractivity contribution in [3.63, 3.8) is 0 Å². The lowest BCUT2D eigenvalue weighted by molar-refractivity contribution is -0.134. The van der Waals surface area contributed by atoms with Crippen LogP contribution in [0.4, 0.5) is 0 Å². The highest BCUT2D eigenvalue weighted by molar-refractivity contribution is 5.78. The summed E-state index contributed by atoms with van der Waals surface area (Å²) in [5.41, 5.74) is 1.50. The standard InChI is InChI=1S/C21H29NO2/c1-22(20(23)10-15-3-5-19(24-2)6-4-15)14-21-11-16-7-17(12-21)9-18(8-16)13-21/h3-6,16-18H,7-14H2,1-2H3. The monoisotopic (exact) mass is 327 g/mol. The molecule has 4 fully saturated rings. The van der Waals surface area contributed by atoms with Crippen molar-refractivity contribution in [1.29, 1.82) is 0 Å².